The van der Waals surface area contributed by atoms with Gasteiger partial charge in [0.2, 0.25) is 0 Å². The van der Waals surface area contributed by atoms with Gasteiger partial charge in [-0.15, -0.1) is 24.0 Å². The lowest BCUT2D eigenvalue weighted by Crippen LogP contribution is -2.49. The smallest absolute Gasteiger partial charge is 0.193 e. The predicted octanol–water partition coefficient (Wildman–Crippen LogP) is 4.87. The molecule has 0 bridgehead atoms. The van der Waals surface area contributed by atoms with Crippen LogP contribution in [0.2, 0.25) is 0 Å². The van der Waals surface area contributed by atoms with Crippen LogP contribution in [0.15, 0.2) is 23.7 Å². The van der Waals surface area contributed by atoms with Crippen molar-refractivity contribution < 1.29 is 4.74 Å². The van der Waals surface area contributed by atoms with Crippen LogP contribution in [0.25, 0.3) is 0 Å². The maximum Gasteiger partial charge on any atom is 0.193 e. The Kier molecular flexibility index (Phi) is 12.1. The molecule has 1 aliphatic carbocycles. The minimum atomic E-state index is 0. The highest BCUT2D eigenvalue weighted by atomic mass is 127. The summed E-state index contributed by atoms with van der Waals surface area (Å²) in [5, 5.41) is 3.50. The number of piperidine rings is 1. The summed E-state index contributed by atoms with van der Waals surface area (Å²) < 4.78 is 8.29. The van der Waals surface area contributed by atoms with Gasteiger partial charge in [-0.05, 0) is 51.4 Å². The number of aliphatic imine (C=N–C) groups is 1. The van der Waals surface area contributed by atoms with E-state index in [1.165, 1.54) is 44.9 Å². The first-order valence-corrected chi connectivity index (χ1v) is 11.9. The Morgan fingerprint density at radius 2 is 2.00 bits per heavy atom. The number of hydrogen-bond acceptors (Lipinski definition) is 3. The number of unbranched alkanes of at least 4 members (excludes halogenated alkanes) is 2. The van der Waals surface area contributed by atoms with Crippen LogP contribution < -0.4 is 5.32 Å². The molecule has 172 valence electrons. The highest BCUT2D eigenvalue weighted by molar-refractivity contribution is 14.0. The van der Waals surface area contributed by atoms with E-state index in [2.05, 4.69) is 39.8 Å². The molecule has 1 aromatic heterocycles. The van der Waals surface area contributed by atoms with E-state index in [1.807, 2.05) is 12.5 Å². The van der Waals surface area contributed by atoms with Crippen molar-refractivity contribution in [1.82, 2.24) is 19.8 Å². The summed E-state index contributed by atoms with van der Waals surface area (Å²) in [7, 11) is 0. The Morgan fingerprint density at radius 1 is 1.17 bits per heavy atom. The highest BCUT2D eigenvalue weighted by Crippen LogP contribution is 2.27. The molecule has 1 saturated heterocycles. The first-order chi connectivity index (χ1) is 14.3. The SMILES string of the molecule is CCNC(=NCCCCCOC1CCCCC1)N1CCC(C)C(n2ccnc2)C1.I. The summed E-state index contributed by atoms with van der Waals surface area (Å²) >= 11 is 0. The number of hydrogen-bond donors (Lipinski definition) is 1. The molecule has 1 saturated carbocycles. The molecule has 0 spiro atoms. The van der Waals surface area contributed by atoms with Crippen LogP contribution in [0.5, 0.6) is 0 Å². The average Bonchev–Trinajstić information content (AvgIpc) is 3.28. The predicted molar refractivity (Wildman–Crippen MR) is 135 cm³/mol. The van der Waals surface area contributed by atoms with E-state index in [0.717, 1.165) is 51.6 Å². The third-order valence-electron chi connectivity index (χ3n) is 6.43. The molecule has 2 atom stereocenters. The summed E-state index contributed by atoms with van der Waals surface area (Å²) in [5.41, 5.74) is 0. The van der Waals surface area contributed by atoms with E-state index in [-0.39, 0.29) is 24.0 Å². The second kappa shape index (κ2) is 14.3. The van der Waals surface area contributed by atoms with Crippen molar-refractivity contribution in [2.45, 2.75) is 83.8 Å². The third kappa shape index (κ3) is 8.02. The van der Waals surface area contributed by atoms with E-state index >= 15 is 0 Å². The topological polar surface area (TPSA) is 54.7 Å². The Labute approximate surface area is 200 Å². The summed E-state index contributed by atoms with van der Waals surface area (Å²) in [6.07, 6.45) is 17.8. The van der Waals surface area contributed by atoms with Gasteiger partial charge in [0.25, 0.3) is 0 Å². The number of nitrogens with zero attached hydrogens (tertiary/aromatic N) is 4. The van der Waals surface area contributed by atoms with Gasteiger partial charge in [0.15, 0.2) is 5.96 Å². The standard InChI is InChI=1S/C23H41N5O.HI/c1-3-25-23(26-13-8-5-9-17-29-21-10-6-4-7-11-21)27-15-12-20(2)22(18-27)28-16-14-24-19-28;/h14,16,19-22H,3-13,15,17-18H2,1-2H3,(H,25,26);1H. The minimum Gasteiger partial charge on any atom is -0.378 e. The quantitative estimate of drug-likeness (QED) is 0.214. The van der Waals surface area contributed by atoms with Crippen molar-refractivity contribution in [3.05, 3.63) is 18.7 Å². The summed E-state index contributed by atoms with van der Waals surface area (Å²) in [4.78, 5) is 11.6. The van der Waals surface area contributed by atoms with Gasteiger partial charge in [0.1, 0.15) is 0 Å². The molecule has 2 heterocycles. The average molecular weight is 532 g/mol. The van der Waals surface area contributed by atoms with Crippen molar-refractivity contribution in [2.24, 2.45) is 10.9 Å². The lowest BCUT2D eigenvalue weighted by Gasteiger charge is -2.39. The molecule has 0 aromatic carbocycles. The Hall–Kier alpha value is -0.830. The number of halogens is 1. The molecular weight excluding hydrogens is 489 g/mol. The molecule has 0 radical (unpaired) electrons. The molecule has 2 fully saturated rings. The van der Waals surface area contributed by atoms with E-state index in [1.54, 1.807) is 0 Å². The second-order valence-electron chi connectivity index (χ2n) is 8.72. The molecule has 30 heavy (non-hydrogen) atoms. The van der Waals surface area contributed by atoms with Crippen LogP contribution in [-0.4, -0.2) is 59.3 Å². The largest absolute Gasteiger partial charge is 0.378 e. The Bertz CT molecular complexity index is 588. The summed E-state index contributed by atoms with van der Waals surface area (Å²) in [6, 6.07) is 0.465. The molecule has 0 amide bonds. The van der Waals surface area contributed by atoms with Crippen LogP contribution in [0.4, 0.5) is 0 Å². The van der Waals surface area contributed by atoms with E-state index in [9.17, 15) is 0 Å². The van der Waals surface area contributed by atoms with Gasteiger partial charge in [0, 0.05) is 45.2 Å². The van der Waals surface area contributed by atoms with Crippen molar-refractivity contribution in [3.8, 4) is 0 Å². The van der Waals surface area contributed by atoms with Gasteiger partial charge in [0.05, 0.1) is 18.5 Å². The van der Waals surface area contributed by atoms with E-state index in [4.69, 9.17) is 9.73 Å². The first kappa shape index (κ1) is 25.4. The van der Waals surface area contributed by atoms with Gasteiger partial charge in [-0.3, -0.25) is 4.99 Å². The third-order valence-corrected chi connectivity index (χ3v) is 6.43. The van der Waals surface area contributed by atoms with Crippen molar-refractivity contribution in [2.75, 3.05) is 32.8 Å². The lowest BCUT2D eigenvalue weighted by atomic mass is 9.93. The maximum atomic E-state index is 6.04. The molecule has 1 aliphatic heterocycles. The van der Waals surface area contributed by atoms with Gasteiger partial charge in [-0.2, -0.15) is 0 Å². The summed E-state index contributed by atoms with van der Waals surface area (Å²) in [6.45, 7) is 9.31. The Balaban J connectivity index is 0.00000320. The highest BCUT2D eigenvalue weighted by Gasteiger charge is 2.28. The maximum absolute atomic E-state index is 6.04. The normalized spacial score (nSPS) is 23.3. The molecule has 3 rings (SSSR count). The zero-order chi connectivity index (χ0) is 20.3. The molecule has 2 unspecified atom stereocenters. The zero-order valence-electron chi connectivity index (χ0n) is 19.0. The van der Waals surface area contributed by atoms with Gasteiger partial charge < -0.3 is 19.5 Å². The fourth-order valence-corrected chi connectivity index (χ4v) is 4.58. The van der Waals surface area contributed by atoms with E-state index < -0.39 is 0 Å². The van der Waals surface area contributed by atoms with Gasteiger partial charge in [-0.1, -0.05) is 26.2 Å². The number of ether oxygens (including phenoxy) is 1. The van der Waals surface area contributed by atoms with Crippen LogP contribution in [-0.2, 0) is 4.74 Å². The van der Waals surface area contributed by atoms with Crippen molar-refractivity contribution in [1.29, 1.82) is 0 Å². The van der Waals surface area contributed by atoms with Gasteiger partial charge in [-0.25, -0.2) is 4.98 Å². The fraction of sp³-hybridized carbons (Fsp3) is 0.826. The van der Waals surface area contributed by atoms with Crippen LogP contribution in [0.1, 0.15) is 77.7 Å². The number of guanidine groups is 1. The minimum absolute atomic E-state index is 0. The number of nitrogens with one attached hydrogen (secondary N) is 1. The fourth-order valence-electron chi connectivity index (χ4n) is 4.58. The number of likely N-dealkylation sites (tertiary alicyclic amines) is 1. The monoisotopic (exact) mass is 531 g/mol. The molecule has 1 N–H and O–H groups in total. The van der Waals surface area contributed by atoms with Crippen LogP contribution in [0.3, 0.4) is 0 Å². The molecule has 1 aromatic rings. The first-order valence-electron chi connectivity index (χ1n) is 11.9. The van der Waals surface area contributed by atoms with E-state index in [0.29, 0.717) is 18.1 Å². The van der Waals surface area contributed by atoms with Crippen LogP contribution in [0, 0.1) is 5.92 Å². The second-order valence-corrected chi connectivity index (χ2v) is 8.72. The molecule has 6 nitrogen and oxygen atoms in total. The van der Waals surface area contributed by atoms with Gasteiger partial charge >= 0.3 is 0 Å². The van der Waals surface area contributed by atoms with Crippen molar-refractivity contribution in [3.63, 3.8) is 0 Å². The zero-order valence-corrected chi connectivity index (χ0v) is 21.3. The molecular formula is C23H42IN5O. The molecule has 2 aliphatic rings. The van der Waals surface area contributed by atoms with Crippen LogP contribution >= 0.6 is 24.0 Å². The number of imidazole rings is 1. The summed E-state index contributed by atoms with van der Waals surface area (Å²) in [5.74, 6) is 1.73. The van der Waals surface area contributed by atoms with Crippen molar-refractivity contribution >= 4 is 29.9 Å². The number of rotatable bonds is 9. The number of aromatic nitrogens is 2. The molecule has 7 heteroatoms. The Morgan fingerprint density at radius 3 is 2.73 bits per heavy atom. The lowest BCUT2D eigenvalue weighted by molar-refractivity contribution is 0.0264.